The molecular weight excluding hydrogens is 162 g/mol. The molecule has 0 aromatic heterocycles. The van der Waals surface area contributed by atoms with E-state index in [0.29, 0.717) is 6.10 Å². The first-order chi connectivity index (χ1) is 6.36. The molecule has 0 radical (unpaired) electrons. The second-order valence-corrected chi connectivity index (χ2v) is 4.04. The Hall–Kier alpha value is -0.0800. The van der Waals surface area contributed by atoms with Crippen LogP contribution in [0.3, 0.4) is 0 Å². The average Bonchev–Trinajstić information content (AvgIpc) is 2.58. The third-order valence-electron chi connectivity index (χ3n) is 2.96. The lowest BCUT2D eigenvalue weighted by Gasteiger charge is -2.19. The highest BCUT2D eigenvalue weighted by molar-refractivity contribution is 4.72. The molecule has 1 atom stereocenters. The quantitative estimate of drug-likeness (QED) is 0.689. The normalized spacial score (nSPS) is 20.8. The van der Waals surface area contributed by atoms with Crippen molar-refractivity contribution in [3.63, 3.8) is 0 Å². The summed E-state index contributed by atoms with van der Waals surface area (Å²) in [6, 6.07) is 0. The van der Waals surface area contributed by atoms with Crippen molar-refractivity contribution >= 4 is 0 Å². The first-order valence-electron chi connectivity index (χ1n) is 5.68. The molecule has 0 aliphatic heterocycles. The molecule has 0 saturated heterocycles. The largest absolute Gasteiger partial charge is 0.378 e. The minimum Gasteiger partial charge on any atom is -0.378 e. The predicted molar refractivity (Wildman–Crippen MR) is 55.7 cm³/mol. The number of hydrogen-bond acceptors (Lipinski definition) is 2. The number of rotatable bonds is 6. The molecule has 78 valence electrons. The first-order valence-corrected chi connectivity index (χ1v) is 5.68. The molecule has 1 aliphatic rings. The second kappa shape index (κ2) is 6.39. The van der Waals surface area contributed by atoms with Crippen molar-refractivity contribution < 1.29 is 4.74 Å². The Morgan fingerprint density at radius 3 is 2.62 bits per heavy atom. The van der Waals surface area contributed by atoms with Gasteiger partial charge < -0.3 is 10.5 Å². The van der Waals surface area contributed by atoms with E-state index in [9.17, 15) is 0 Å². The lowest BCUT2D eigenvalue weighted by atomic mass is 9.98. The van der Waals surface area contributed by atoms with Gasteiger partial charge in [-0.3, -0.25) is 0 Å². The highest BCUT2D eigenvalue weighted by atomic mass is 16.5. The Morgan fingerprint density at radius 1 is 1.38 bits per heavy atom. The third kappa shape index (κ3) is 4.10. The van der Waals surface area contributed by atoms with Crippen LogP contribution >= 0.6 is 0 Å². The Bertz CT molecular complexity index is 115. The SMILES string of the molecule is CCOC(CCN)CC1CCCC1. The van der Waals surface area contributed by atoms with E-state index in [1.807, 2.05) is 0 Å². The fourth-order valence-corrected chi connectivity index (χ4v) is 2.31. The zero-order chi connectivity index (χ0) is 9.52. The van der Waals surface area contributed by atoms with E-state index in [1.54, 1.807) is 0 Å². The van der Waals surface area contributed by atoms with E-state index < -0.39 is 0 Å². The zero-order valence-corrected chi connectivity index (χ0v) is 8.80. The van der Waals surface area contributed by atoms with Gasteiger partial charge >= 0.3 is 0 Å². The van der Waals surface area contributed by atoms with E-state index in [1.165, 1.54) is 32.1 Å². The Balaban J connectivity index is 2.19. The molecule has 1 saturated carbocycles. The summed E-state index contributed by atoms with van der Waals surface area (Å²) in [5.74, 6) is 0.920. The van der Waals surface area contributed by atoms with Gasteiger partial charge in [0.15, 0.2) is 0 Å². The molecule has 1 fully saturated rings. The molecule has 13 heavy (non-hydrogen) atoms. The van der Waals surface area contributed by atoms with Crippen LogP contribution in [0, 0.1) is 5.92 Å². The van der Waals surface area contributed by atoms with Crippen molar-refractivity contribution in [3.8, 4) is 0 Å². The first kappa shape index (κ1) is 11.0. The molecule has 0 aromatic carbocycles. The molecule has 1 unspecified atom stereocenters. The summed E-state index contributed by atoms with van der Waals surface area (Å²) in [4.78, 5) is 0. The fourth-order valence-electron chi connectivity index (χ4n) is 2.31. The van der Waals surface area contributed by atoms with Crippen LogP contribution in [0.25, 0.3) is 0 Å². The van der Waals surface area contributed by atoms with E-state index in [2.05, 4.69) is 6.92 Å². The van der Waals surface area contributed by atoms with Crippen molar-refractivity contribution in [1.29, 1.82) is 0 Å². The van der Waals surface area contributed by atoms with Crippen molar-refractivity contribution in [3.05, 3.63) is 0 Å². The maximum Gasteiger partial charge on any atom is 0.0589 e. The van der Waals surface area contributed by atoms with Gasteiger partial charge in [0.2, 0.25) is 0 Å². The molecule has 1 aliphatic carbocycles. The van der Waals surface area contributed by atoms with Gasteiger partial charge in [-0.05, 0) is 32.2 Å². The van der Waals surface area contributed by atoms with Crippen LogP contribution in [0.15, 0.2) is 0 Å². The summed E-state index contributed by atoms with van der Waals surface area (Å²) < 4.78 is 5.66. The molecular formula is C11H23NO. The van der Waals surface area contributed by atoms with Gasteiger partial charge in [0.1, 0.15) is 0 Å². The monoisotopic (exact) mass is 185 g/mol. The summed E-state index contributed by atoms with van der Waals surface area (Å²) in [5.41, 5.74) is 5.55. The van der Waals surface area contributed by atoms with Crippen molar-refractivity contribution in [1.82, 2.24) is 0 Å². The third-order valence-corrected chi connectivity index (χ3v) is 2.96. The highest BCUT2D eigenvalue weighted by Crippen LogP contribution is 2.29. The summed E-state index contributed by atoms with van der Waals surface area (Å²) in [5, 5.41) is 0. The van der Waals surface area contributed by atoms with Crippen molar-refractivity contribution in [2.45, 2.75) is 51.6 Å². The highest BCUT2D eigenvalue weighted by Gasteiger charge is 2.19. The molecule has 2 heteroatoms. The summed E-state index contributed by atoms with van der Waals surface area (Å²) >= 11 is 0. The van der Waals surface area contributed by atoms with Gasteiger partial charge in [0.05, 0.1) is 6.10 Å². The molecule has 0 aromatic rings. The Morgan fingerprint density at radius 2 is 2.08 bits per heavy atom. The predicted octanol–water partition coefficient (Wildman–Crippen LogP) is 2.32. The van der Waals surface area contributed by atoms with Gasteiger partial charge in [-0.1, -0.05) is 25.7 Å². The maximum absolute atomic E-state index is 5.66. The molecule has 1 rings (SSSR count). The van der Waals surface area contributed by atoms with Gasteiger partial charge in [0, 0.05) is 6.61 Å². The molecule has 0 heterocycles. The van der Waals surface area contributed by atoms with Crippen LogP contribution < -0.4 is 5.73 Å². The second-order valence-electron chi connectivity index (χ2n) is 4.04. The summed E-state index contributed by atoms with van der Waals surface area (Å²) in [6.07, 6.45) is 8.37. The minimum absolute atomic E-state index is 0.429. The van der Waals surface area contributed by atoms with Crippen LogP contribution in [0.2, 0.25) is 0 Å². The van der Waals surface area contributed by atoms with Crippen LogP contribution in [-0.2, 0) is 4.74 Å². The lowest BCUT2D eigenvalue weighted by molar-refractivity contribution is 0.0411. The lowest BCUT2D eigenvalue weighted by Crippen LogP contribution is -2.20. The molecule has 0 bridgehead atoms. The molecule has 0 spiro atoms. The van der Waals surface area contributed by atoms with Crippen molar-refractivity contribution in [2.24, 2.45) is 11.7 Å². The Labute approximate surface area is 81.8 Å². The number of hydrogen-bond donors (Lipinski definition) is 1. The zero-order valence-electron chi connectivity index (χ0n) is 8.80. The van der Waals surface area contributed by atoms with Crippen LogP contribution in [0.5, 0.6) is 0 Å². The van der Waals surface area contributed by atoms with E-state index >= 15 is 0 Å². The smallest absolute Gasteiger partial charge is 0.0589 e. The van der Waals surface area contributed by atoms with Gasteiger partial charge in [-0.25, -0.2) is 0 Å². The van der Waals surface area contributed by atoms with E-state index in [0.717, 1.165) is 25.5 Å². The van der Waals surface area contributed by atoms with Crippen LogP contribution in [0.4, 0.5) is 0 Å². The van der Waals surface area contributed by atoms with E-state index in [4.69, 9.17) is 10.5 Å². The number of nitrogens with two attached hydrogens (primary N) is 1. The minimum atomic E-state index is 0.429. The van der Waals surface area contributed by atoms with E-state index in [-0.39, 0.29) is 0 Å². The summed E-state index contributed by atoms with van der Waals surface area (Å²) in [6.45, 7) is 3.66. The molecule has 0 amide bonds. The Kier molecular flexibility index (Phi) is 5.40. The summed E-state index contributed by atoms with van der Waals surface area (Å²) in [7, 11) is 0. The average molecular weight is 185 g/mol. The standard InChI is InChI=1S/C11H23NO/c1-2-13-11(7-8-12)9-10-5-3-4-6-10/h10-11H,2-9,12H2,1H3. The van der Waals surface area contributed by atoms with Gasteiger partial charge in [-0.2, -0.15) is 0 Å². The maximum atomic E-state index is 5.66. The molecule has 2 nitrogen and oxygen atoms in total. The van der Waals surface area contributed by atoms with Gasteiger partial charge in [0.25, 0.3) is 0 Å². The van der Waals surface area contributed by atoms with Crippen LogP contribution in [-0.4, -0.2) is 19.3 Å². The fraction of sp³-hybridized carbons (Fsp3) is 1.00. The number of ether oxygens (including phenoxy) is 1. The topological polar surface area (TPSA) is 35.2 Å². The molecule has 2 N–H and O–H groups in total. The van der Waals surface area contributed by atoms with Gasteiger partial charge in [-0.15, -0.1) is 0 Å². The van der Waals surface area contributed by atoms with Crippen LogP contribution in [0.1, 0.15) is 45.4 Å². The van der Waals surface area contributed by atoms with Crippen molar-refractivity contribution in [2.75, 3.05) is 13.2 Å².